The third-order valence-electron chi connectivity index (χ3n) is 19.4. The number of nitrogens with zero attached hydrogens (tertiary/aromatic N) is 8. The van der Waals surface area contributed by atoms with Crippen LogP contribution in [0.4, 0.5) is 0 Å². The number of hydrogen-bond acceptors (Lipinski definition) is 15. The van der Waals surface area contributed by atoms with Gasteiger partial charge in [-0.1, -0.05) is 116 Å². The Bertz CT molecular complexity index is 3170. The number of aliphatic hydroxyl groups excluding tert-OH is 2. The fraction of sp³-hybridized carbons (Fsp3) is 0.684. The molecule has 2 fully saturated rings. The van der Waals surface area contributed by atoms with Crippen molar-refractivity contribution in [2.45, 2.75) is 220 Å². The fourth-order valence-electron chi connectivity index (χ4n) is 13.1. The van der Waals surface area contributed by atoms with Gasteiger partial charge in [-0.15, -0.1) is 0 Å². The molecule has 10 atom stereocenters. The molecule has 2 aromatic rings. The number of benzene rings is 2. The molecule has 582 valence electrons. The Kier molecular flexibility index (Phi) is 37.2. The molecule has 104 heavy (non-hydrogen) atoms. The van der Waals surface area contributed by atoms with Gasteiger partial charge in [-0.2, -0.15) is 0 Å². The lowest BCUT2D eigenvalue weighted by Crippen LogP contribution is -2.62. The summed E-state index contributed by atoms with van der Waals surface area (Å²) >= 11 is 6.45. The van der Waals surface area contributed by atoms with Crippen molar-refractivity contribution in [1.29, 1.82) is 0 Å². The molecule has 2 saturated heterocycles. The van der Waals surface area contributed by atoms with Crippen LogP contribution in [-0.2, 0) is 75.1 Å². The maximum absolute atomic E-state index is 15.5. The molecule has 2 heterocycles. The number of nitrogens with one attached hydrogen (secondary N) is 4. The molecule has 6 N–H and O–H groups in total. The van der Waals surface area contributed by atoms with E-state index in [0.29, 0.717) is 49.4 Å². The van der Waals surface area contributed by atoms with Crippen LogP contribution in [0.5, 0.6) is 0 Å². The Hall–Kier alpha value is -7.75. The number of amides is 12. The normalized spacial score (nSPS) is 23.8. The maximum Gasteiger partial charge on any atom is 0.248 e. The zero-order chi connectivity index (χ0) is 77.8. The minimum atomic E-state index is -1.69. The largest absolute Gasteiger partial charge is 0.396 e. The summed E-state index contributed by atoms with van der Waals surface area (Å²) in [5.74, 6) is -9.95. The van der Waals surface area contributed by atoms with Crippen LogP contribution in [0.25, 0.3) is 0 Å². The second-order valence-corrected chi connectivity index (χ2v) is 30.1. The van der Waals surface area contributed by atoms with Crippen LogP contribution < -0.4 is 21.3 Å². The van der Waals surface area contributed by atoms with Gasteiger partial charge in [0.1, 0.15) is 54.4 Å². The van der Waals surface area contributed by atoms with Crippen molar-refractivity contribution in [3.05, 3.63) is 70.7 Å². The number of carbonyl (C=O) groups is 12. The molecular weight excluding hydrogens is 1360 g/mol. The third kappa shape index (κ3) is 27.0. The summed E-state index contributed by atoms with van der Waals surface area (Å²) in [4.78, 5) is 190. The average Bonchev–Trinajstić information content (AvgIpc) is 0.813. The Balaban J connectivity index is 1.99. The van der Waals surface area contributed by atoms with Crippen molar-refractivity contribution in [3.63, 3.8) is 0 Å². The first-order chi connectivity index (χ1) is 49.0. The number of unbranched alkanes of at least 4 members (excludes halogenated alkanes) is 1. The first-order valence-electron chi connectivity index (χ1n) is 37.0. The molecule has 0 aliphatic carbocycles. The van der Waals surface area contributed by atoms with Crippen molar-refractivity contribution in [2.75, 3.05) is 94.8 Å². The molecule has 12 amide bonds. The highest BCUT2D eigenvalue weighted by molar-refractivity contribution is 6.30. The summed E-state index contributed by atoms with van der Waals surface area (Å²) in [6, 6.07) is 3.17. The van der Waals surface area contributed by atoms with Gasteiger partial charge in [-0.3, -0.25) is 57.5 Å². The molecule has 27 nitrogen and oxygen atoms in total. The molecule has 28 heteroatoms. The zero-order valence-corrected chi connectivity index (χ0v) is 65.2. The lowest BCUT2D eigenvalue weighted by atomic mass is 9.98. The van der Waals surface area contributed by atoms with Crippen molar-refractivity contribution in [1.82, 2.24) is 60.5 Å². The van der Waals surface area contributed by atoms with E-state index in [1.54, 1.807) is 49.9 Å². The van der Waals surface area contributed by atoms with Crippen molar-refractivity contribution >= 4 is 82.5 Å². The summed E-state index contributed by atoms with van der Waals surface area (Å²) in [6.07, 6.45) is 1.51. The number of carbonyl (C=O) groups excluding carboxylic acids is 12. The first-order valence-corrected chi connectivity index (χ1v) is 37.4. The zero-order valence-electron chi connectivity index (χ0n) is 64.5. The third-order valence-corrected chi connectivity index (χ3v) is 19.6. The number of aliphatic hydroxyl groups is 2. The summed E-state index contributed by atoms with van der Waals surface area (Å²) in [5.41, 5.74) is 1.34. The second kappa shape index (κ2) is 43.6. The predicted molar refractivity (Wildman–Crippen MR) is 397 cm³/mol. The van der Waals surface area contributed by atoms with Gasteiger partial charge in [0.2, 0.25) is 70.9 Å². The second-order valence-electron chi connectivity index (χ2n) is 29.7. The number of piperidine rings is 1. The van der Waals surface area contributed by atoms with E-state index in [1.807, 2.05) is 71.9 Å². The molecule has 4 rings (SSSR count). The number of likely N-dealkylation sites (tertiary alicyclic amines) is 1. The molecule has 0 spiro atoms. The van der Waals surface area contributed by atoms with Gasteiger partial charge in [-0.05, 0) is 131 Å². The van der Waals surface area contributed by atoms with E-state index in [-0.39, 0.29) is 95.5 Å². The van der Waals surface area contributed by atoms with Gasteiger partial charge in [-0.25, -0.2) is 0 Å². The van der Waals surface area contributed by atoms with Crippen molar-refractivity contribution < 1.29 is 72.5 Å². The maximum atomic E-state index is 15.5. The standard InChI is InChI=1S/C76H121ClN12O15/c1-17-35-89-46-65(94)83(12)59(33-32-53-27-20-18-21-28-53)75(102)86(15)61(41-50(6)7)69(96)80-58(47-104-39-34-48(2)3)73(100)85(14)60(40-49(4)5)68(95)79-57(74(101)88-36-23-19-24-37-88)44-63(92)82(11)45-64(93)84(13)62(43-54-29-26-30-55(77)42-54)70(97)78-56(31-22-25-38-90)72(99)87(16)67(51(8)9)71(98)81-66(52(10)91)76(89)103/h18,20-21,26-30,42,48-52,56-62,66-67,90-91H,17,19,22-25,31-41,43-47H2,1-16H3,(H,78,97)(H,79,95)(H,80,96)(H,81,98)/t52-,56+,57+,58+,59+,60+,61+,62+,66+,67+/m1/s1. The number of halogens is 1. The Labute approximate surface area is 621 Å². The Morgan fingerprint density at radius 1 is 0.577 bits per heavy atom. The highest BCUT2D eigenvalue weighted by Gasteiger charge is 2.43. The smallest absolute Gasteiger partial charge is 0.248 e. The summed E-state index contributed by atoms with van der Waals surface area (Å²) in [5, 5.41) is 32.8. The van der Waals surface area contributed by atoms with E-state index >= 15 is 28.8 Å². The predicted octanol–water partition coefficient (Wildman–Crippen LogP) is 4.06. The van der Waals surface area contributed by atoms with Gasteiger partial charge >= 0.3 is 0 Å². The average molecular weight is 1480 g/mol. The van der Waals surface area contributed by atoms with Crippen LogP contribution in [0.3, 0.4) is 0 Å². The molecule has 2 aromatic carbocycles. The molecule has 0 radical (unpaired) electrons. The number of rotatable bonds is 23. The van der Waals surface area contributed by atoms with Crippen LogP contribution in [0.2, 0.25) is 5.02 Å². The molecule has 0 bridgehead atoms. The number of hydrogen-bond donors (Lipinski definition) is 6. The van der Waals surface area contributed by atoms with Gasteiger partial charge in [0, 0.05) is 86.6 Å². The molecular formula is C76H121ClN12O15. The summed E-state index contributed by atoms with van der Waals surface area (Å²) in [6.45, 7) is 16.7. The molecule has 0 unspecified atom stereocenters. The van der Waals surface area contributed by atoms with Crippen LogP contribution in [0.1, 0.15) is 157 Å². The SMILES string of the molecule is CCCN1CC(=O)N(C)[C@@H](CCc2ccccc2)C(=O)N(C)[C@@H](CC(C)C)C(=O)N[C@@H](COCCC(C)C)C(=O)N(C)[C@@H](CC(C)C)C(=O)N[C@H](C(=O)N2CCCCC2)CC(=O)N(C)CC(=O)N(C)[C@@H](Cc2cccc(Cl)c2)C(=O)N[C@@H](CCCCO)C(=O)N(C)[C@@H](C(C)C)C(=O)N[C@@H]([C@@H](C)O)C1=O. The monoisotopic (exact) mass is 1480 g/mol. The minimum Gasteiger partial charge on any atom is -0.396 e. The van der Waals surface area contributed by atoms with E-state index < -0.39 is 157 Å². The van der Waals surface area contributed by atoms with Crippen LogP contribution in [0, 0.1) is 23.7 Å². The molecule has 0 saturated carbocycles. The van der Waals surface area contributed by atoms with Crippen LogP contribution >= 0.6 is 11.6 Å². The highest BCUT2D eigenvalue weighted by atomic mass is 35.5. The summed E-state index contributed by atoms with van der Waals surface area (Å²) in [7, 11) is 8.29. The number of likely N-dealkylation sites (N-methyl/N-ethyl adjacent to an activating group) is 6. The number of ether oxygens (including phenoxy) is 1. The van der Waals surface area contributed by atoms with Crippen molar-refractivity contribution in [3.8, 4) is 0 Å². The molecule has 0 aromatic heterocycles. The van der Waals surface area contributed by atoms with Gasteiger partial charge in [0.05, 0.1) is 32.2 Å². The lowest BCUT2D eigenvalue weighted by molar-refractivity contribution is -0.151. The Morgan fingerprint density at radius 2 is 1.13 bits per heavy atom. The highest BCUT2D eigenvalue weighted by Crippen LogP contribution is 2.23. The van der Waals surface area contributed by atoms with Gasteiger partial charge in [0.15, 0.2) is 0 Å². The topological polar surface area (TPSA) is 329 Å². The number of aryl methyl sites for hydroxylation is 1. The fourth-order valence-corrected chi connectivity index (χ4v) is 13.3. The molecule has 2 aliphatic rings. The van der Waals surface area contributed by atoms with Crippen molar-refractivity contribution in [2.24, 2.45) is 23.7 Å². The molecule has 2 aliphatic heterocycles. The van der Waals surface area contributed by atoms with E-state index in [2.05, 4.69) is 21.3 Å². The van der Waals surface area contributed by atoms with E-state index in [4.69, 9.17) is 16.3 Å². The van der Waals surface area contributed by atoms with Crippen LogP contribution in [-0.4, -0.2) is 276 Å². The van der Waals surface area contributed by atoms with E-state index in [1.165, 1.54) is 68.8 Å². The van der Waals surface area contributed by atoms with Gasteiger partial charge in [0.25, 0.3) is 0 Å². The quantitative estimate of drug-likeness (QED) is 0.0855. The van der Waals surface area contributed by atoms with E-state index in [0.717, 1.165) is 26.7 Å². The Morgan fingerprint density at radius 3 is 1.70 bits per heavy atom. The van der Waals surface area contributed by atoms with Gasteiger partial charge < -0.3 is 75.4 Å². The lowest BCUT2D eigenvalue weighted by Gasteiger charge is -2.37. The first kappa shape index (κ1) is 88.6. The van der Waals surface area contributed by atoms with E-state index in [9.17, 15) is 39.0 Å². The summed E-state index contributed by atoms with van der Waals surface area (Å²) < 4.78 is 6.13. The van der Waals surface area contributed by atoms with Crippen LogP contribution in [0.15, 0.2) is 54.6 Å². The minimum absolute atomic E-state index is 0.0406.